The number of ether oxygens (including phenoxy) is 1. The number of halogens is 1. The molecule has 3 aromatic carbocycles. The third-order valence-corrected chi connectivity index (χ3v) is 6.32. The molecule has 1 N–H and O–H groups in total. The highest BCUT2D eigenvalue weighted by molar-refractivity contribution is 6.34. The van der Waals surface area contributed by atoms with Gasteiger partial charge in [-0.1, -0.05) is 66.2 Å². The lowest BCUT2D eigenvalue weighted by molar-refractivity contribution is 0.0529. The van der Waals surface area contributed by atoms with Gasteiger partial charge in [0.1, 0.15) is 16.9 Å². The number of aromatic nitrogens is 3. The van der Waals surface area contributed by atoms with Gasteiger partial charge in [-0.3, -0.25) is 4.79 Å². The van der Waals surface area contributed by atoms with Crippen LogP contribution >= 0.6 is 11.6 Å². The predicted octanol–water partition coefficient (Wildman–Crippen LogP) is 6.28. The average molecular weight is 499 g/mol. The molecule has 1 unspecified atom stereocenters. The summed E-state index contributed by atoms with van der Waals surface area (Å²) in [6, 6.07) is 23.6. The van der Waals surface area contributed by atoms with Crippen molar-refractivity contribution in [3.8, 4) is 0 Å². The molecule has 1 amide bonds. The van der Waals surface area contributed by atoms with Gasteiger partial charge in [0.25, 0.3) is 5.91 Å². The number of benzene rings is 3. The third kappa shape index (κ3) is 4.18. The van der Waals surface area contributed by atoms with Crippen LogP contribution in [0.4, 0.5) is 5.82 Å². The minimum atomic E-state index is -0.597. The fourth-order valence-corrected chi connectivity index (χ4v) is 4.48. The Bertz CT molecular complexity index is 1600. The summed E-state index contributed by atoms with van der Waals surface area (Å²) in [5.41, 5.74) is 3.50. The van der Waals surface area contributed by atoms with E-state index in [9.17, 15) is 9.59 Å². The van der Waals surface area contributed by atoms with Gasteiger partial charge in [0.15, 0.2) is 5.65 Å². The number of fused-ring (bicyclic) bond motifs is 2. The Morgan fingerprint density at radius 2 is 1.58 bits per heavy atom. The van der Waals surface area contributed by atoms with Crippen LogP contribution in [-0.4, -0.2) is 33.0 Å². The fraction of sp³-hybridized carbons (Fsp3) is 0.143. The number of hydrogen-bond acceptors (Lipinski definition) is 5. The van der Waals surface area contributed by atoms with Gasteiger partial charge in [-0.05, 0) is 43.7 Å². The van der Waals surface area contributed by atoms with Gasteiger partial charge in [0.05, 0.1) is 34.3 Å². The molecule has 8 heteroatoms. The van der Waals surface area contributed by atoms with Crippen molar-refractivity contribution in [1.29, 1.82) is 0 Å². The van der Waals surface area contributed by atoms with Crippen molar-refractivity contribution in [3.63, 3.8) is 0 Å². The van der Waals surface area contributed by atoms with E-state index >= 15 is 0 Å². The molecule has 36 heavy (non-hydrogen) atoms. The summed E-state index contributed by atoms with van der Waals surface area (Å²) in [6.45, 7) is 3.87. The predicted molar refractivity (Wildman–Crippen MR) is 141 cm³/mol. The molecular weight excluding hydrogens is 476 g/mol. The highest BCUT2D eigenvalue weighted by atomic mass is 35.5. The first-order valence-corrected chi connectivity index (χ1v) is 12.0. The largest absolute Gasteiger partial charge is 0.462 e. The number of para-hydroxylation sites is 2. The quantitative estimate of drug-likeness (QED) is 0.278. The zero-order valence-corrected chi connectivity index (χ0v) is 20.5. The number of hydrogen-bond donors (Lipinski definition) is 1. The van der Waals surface area contributed by atoms with Crippen LogP contribution in [0.1, 0.15) is 46.2 Å². The van der Waals surface area contributed by atoms with E-state index in [0.29, 0.717) is 27.2 Å². The Kier molecular flexibility index (Phi) is 6.40. The number of anilines is 1. The third-order valence-electron chi connectivity index (χ3n) is 5.99. The maximum atomic E-state index is 13.4. The first kappa shape index (κ1) is 23.5. The van der Waals surface area contributed by atoms with Crippen molar-refractivity contribution < 1.29 is 14.3 Å². The first-order valence-electron chi connectivity index (χ1n) is 11.6. The lowest BCUT2D eigenvalue weighted by Crippen LogP contribution is -2.20. The molecule has 2 heterocycles. The standard InChI is InChI=1S/C28H23ClN4O3/c1-3-36-28(35)23-24-26(31-22-16-10-9-15-21(22)30-24)33(17(2)18-11-5-4-6-12-18)25(23)32-27(34)19-13-7-8-14-20(19)29/h4-17H,3H2,1-2H3,(H,32,34). The Morgan fingerprint density at radius 1 is 0.944 bits per heavy atom. The highest BCUT2D eigenvalue weighted by Gasteiger charge is 2.30. The van der Waals surface area contributed by atoms with E-state index < -0.39 is 11.9 Å². The Labute approximate surface area is 212 Å². The van der Waals surface area contributed by atoms with Crippen LogP contribution in [0.25, 0.3) is 22.2 Å². The van der Waals surface area contributed by atoms with Gasteiger partial charge in [-0.15, -0.1) is 0 Å². The second kappa shape index (κ2) is 9.79. The van der Waals surface area contributed by atoms with Gasteiger partial charge < -0.3 is 14.6 Å². The van der Waals surface area contributed by atoms with E-state index in [4.69, 9.17) is 26.3 Å². The molecular formula is C28H23ClN4O3. The summed E-state index contributed by atoms with van der Waals surface area (Å²) in [5.74, 6) is -0.805. The molecule has 5 aromatic rings. The number of rotatable bonds is 6. The minimum Gasteiger partial charge on any atom is -0.462 e. The number of nitrogens with one attached hydrogen (secondary N) is 1. The summed E-state index contributed by atoms with van der Waals surface area (Å²) in [7, 11) is 0. The summed E-state index contributed by atoms with van der Waals surface area (Å²) >= 11 is 6.30. The number of carbonyl (C=O) groups is 2. The van der Waals surface area contributed by atoms with E-state index in [1.165, 1.54) is 0 Å². The van der Waals surface area contributed by atoms with E-state index in [0.717, 1.165) is 5.56 Å². The Balaban J connectivity index is 1.81. The van der Waals surface area contributed by atoms with Crippen molar-refractivity contribution in [2.24, 2.45) is 0 Å². The summed E-state index contributed by atoms with van der Waals surface area (Å²) in [5, 5.41) is 3.23. The van der Waals surface area contributed by atoms with Crippen molar-refractivity contribution in [2.75, 3.05) is 11.9 Å². The molecule has 0 saturated carbocycles. The monoisotopic (exact) mass is 498 g/mol. The van der Waals surface area contributed by atoms with Crippen LogP contribution in [0.2, 0.25) is 5.02 Å². The average Bonchev–Trinajstić information content (AvgIpc) is 3.20. The van der Waals surface area contributed by atoms with Crippen LogP contribution in [-0.2, 0) is 4.74 Å². The molecule has 0 bridgehead atoms. The molecule has 0 spiro atoms. The summed E-state index contributed by atoms with van der Waals surface area (Å²) < 4.78 is 7.23. The normalized spacial score (nSPS) is 12.0. The van der Waals surface area contributed by atoms with Crippen LogP contribution in [0, 0.1) is 0 Å². The molecule has 1 atom stereocenters. The minimum absolute atomic E-state index is 0.147. The second-order valence-corrected chi connectivity index (χ2v) is 8.63. The van der Waals surface area contributed by atoms with E-state index in [2.05, 4.69) is 5.32 Å². The molecule has 5 rings (SSSR count). The maximum Gasteiger partial charge on any atom is 0.344 e. The van der Waals surface area contributed by atoms with Gasteiger partial charge in [0.2, 0.25) is 0 Å². The van der Waals surface area contributed by atoms with Crippen LogP contribution in [0.15, 0.2) is 78.9 Å². The van der Waals surface area contributed by atoms with E-state index in [-0.39, 0.29) is 29.6 Å². The van der Waals surface area contributed by atoms with Gasteiger partial charge in [-0.25, -0.2) is 14.8 Å². The SMILES string of the molecule is CCOC(=O)c1c(NC(=O)c2ccccc2Cl)n(C(C)c2ccccc2)c2nc3ccccc3nc12. The zero-order chi connectivity index (χ0) is 25.2. The van der Waals surface area contributed by atoms with Gasteiger partial charge in [-0.2, -0.15) is 0 Å². The molecule has 180 valence electrons. The highest BCUT2D eigenvalue weighted by Crippen LogP contribution is 2.36. The number of esters is 1. The van der Waals surface area contributed by atoms with E-state index in [1.54, 1.807) is 31.2 Å². The Morgan fingerprint density at radius 3 is 2.28 bits per heavy atom. The van der Waals surface area contributed by atoms with E-state index in [1.807, 2.05) is 66.1 Å². The maximum absolute atomic E-state index is 13.4. The lowest BCUT2D eigenvalue weighted by Gasteiger charge is -2.20. The first-order chi connectivity index (χ1) is 17.5. The van der Waals surface area contributed by atoms with Gasteiger partial charge in [0, 0.05) is 0 Å². The Hall–Kier alpha value is -4.23. The molecule has 0 aliphatic heterocycles. The topological polar surface area (TPSA) is 86.1 Å². The van der Waals surface area contributed by atoms with Crippen molar-refractivity contribution in [1.82, 2.24) is 14.5 Å². The molecule has 7 nitrogen and oxygen atoms in total. The summed E-state index contributed by atoms with van der Waals surface area (Å²) in [4.78, 5) is 36.3. The number of amides is 1. The van der Waals surface area contributed by atoms with Crippen LogP contribution < -0.4 is 5.32 Å². The number of nitrogens with zero attached hydrogens (tertiary/aromatic N) is 3. The molecule has 0 aliphatic rings. The smallest absolute Gasteiger partial charge is 0.344 e. The second-order valence-electron chi connectivity index (χ2n) is 8.22. The zero-order valence-electron chi connectivity index (χ0n) is 19.7. The lowest BCUT2D eigenvalue weighted by atomic mass is 10.1. The molecule has 0 fully saturated rings. The van der Waals surface area contributed by atoms with Gasteiger partial charge >= 0.3 is 5.97 Å². The number of carbonyl (C=O) groups excluding carboxylic acids is 2. The fourth-order valence-electron chi connectivity index (χ4n) is 4.26. The van der Waals surface area contributed by atoms with Crippen molar-refractivity contribution >= 4 is 51.5 Å². The molecule has 0 radical (unpaired) electrons. The van der Waals surface area contributed by atoms with Crippen LogP contribution in [0.5, 0.6) is 0 Å². The van der Waals surface area contributed by atoms with Crippen LogP contribution in [0.3, 0.4) is 0 Å². The molecule has 0 aliphatic carbocycles. The summed E-state index contributed by atoms with van der Waals surface area (Å²) in [6.07, 6.45) is 0. The molecule has 2 aromatic heterocycles. The van der Waals surface area contributed by atoms with Crippen molar-refractivity contribution in [3.05, 3.63) is 101 Å². The van der Waals surface area contributed by atoms with Crippen molar-refractivity contribution in [2.45, 2.75) is 19.9 Å². The molecule has 0 saturated heterocycles.